The van der Waals surface area contributed by atoms with Gasteiger partial charge in [0, 0.05) is 13.1 Å². The number of rotatable bonds is 2. The SMILES string of the molecule is CCc1[nH]nc(C(=O)N2CCCC(C(C)(C)C)CC2)c1N. The Bertz CT molecular complexity index is 501. The minimum Gasteiger partial charge on any atom is -0.395 e. The molecular weight excluding hydrogens is 264 g/mol. The molecule has 2 rings (SSSR count). The van der Waals surface area contributed by atoms with Crippen LogP contribution in [-0.4, -0.2) is 34.1 Å². The van der Waals surface area contributed by atoms with Crippen molar-refractivity contribution in [1.29, 1.82) is 0 Å². The third-order valence-corrected chi connectivity index (χ3v) is 4.68. The number of nitrogens with two attached hydrogens (primary N) is 1. The minimum absolute atomic E-state index is 0.0296. The number of hydrogen-bond acceptors (Lipinski definition) is 3. The molecule has 1 fully saturated rings. The summed E-state index contributed by atoms with van der Waals surface area (Å²) in [6, 6.07) is 0. The van der Waals surface area contributed by atoms with Crippen LogP contribution < -0.4 is 5.73 Å². The van der Waals surface area contributed by atoms with Gasteiger partial charge in [-0.2, -0.15) is 5.10 Å². The average molecular weight is 292 g/mol. The van der Waals surface area contributed by atoms with E-state index in [0.717, 1.165) is 38.0 Å². The Balaban J connectivity index is 2.08. The van der Waals surface area contributed by atoms with E-state index < -0.39 is 0 Å². The number of carbonyl (C=O) groups is 1. The van der Waals surface area contributed by atoms with Gasteiger partial charge in [-0.1, -0.05) is 27.7 Å². The Labute approximate surface area is 127 Å². The zero-order chi connectivity index (χ0) is 15.6. The second-order valence-corrected chi connectivity index (χ2v) is 7.10. The van der Waals surface area contributed by atoms with E-state index in [4.69, 9.17) is 5.73 Å². The summed E-state index contributed by atoms with van der Waals surface area (Å²) >= 11 is 0. The minimum atomic E-state index is -0.0296. The molecule has 3 N–H and O–H groups in total. The number of aromatic amines is 1. The molecule has 5 nitrogen and oxygen atoms in total. The first kappa shape index (κ1) is 15.9. The molecule has 0 bridgehead atoms. The van der Waals surface area contributed by atoms with E-state index >= 15 is 0 Å². The Morgan fingerprint density at radius 2 is 2.10 bits per heavy atom. The smallest absolute Gasteiger partial charge is 0.276 e. The first-order valence-corrected chi connectivity index (χ1v) is 7.96. The van der Waals surface area contributed by atoms with Gasteiger partial charge in [-0.25, -0.2) is 0 Å². The van der Waals surface area contributed by atoms with Crippen LogP contribution in [0, 0.1) is 11.3 Å². The number of likely N-dealkylation sites (tertiary alicyclic amines) is 1. The van der Waals surface area contributed by atoms with Gasteiger partial charge < -0.3 is 10.6 Å². The Morgan fingerprint density at radius 1 is 1.38 bits per heavy atom. The molecule has 21 heavy (non-hydrogen) atoms. The largest absolute Gasteiger partial charge is 0.395 e. The van der Waals surface area contributed by atoms with Gasteiger partial charge in [0.2, 0.25) is 0 Å². The van der Waals surface area contributed by atoms with Gasteiger partial charge in [0.15, 0.2) is 5.69 Å². The van der Waals surface area contributed by atoms with Crippen LogP contribution in [0.5, 0.6) is 0 Å². The molecule has 1 atom stereocenters. The lowest BCUT2D eigenvalue weighted by Gasteiger charge is -2.29. The van der Waals surface area contributed by atoms with Crippen LogP contribution in [-0.2, 0) is 6.42 Å². The molecule has 1 aliphatic heterocycles. The average Bonchev–Trinajstić information content (AvgIpc) is 2.64. The second-order valence-electron chi connectivity index (χ2n) is 7.10. The number of carbonyl (C=O) groups excluding carboxylic acids is 1. The maximum atomic E-state index is 12.6. The van der Waals surface area contributed by atoms with Crippen LogP contribution in [0.15, 0.2) is 0 Å². The number of nitrogen functional groups attached to an aromatic ring is 1. The molecular formula is C16H28N4O. The number of amides is 1. The second kappa shape index (κ2) is 6.08. The summed E-state index contributed by atoms with van der Waals surface area (Å²) in [4.78, 5) is 14.5. The first-order valence-electron chi connectivity index (χ1n) is 7.96. The van der Waals surface area contributed by atoms with Gasteiger partial charge in [-0.3, -0.25) is 9.89 Å². The van der Waals surface area contributed by atoms with E-state index in [0.29, 0.717) is 22.7 Å². The van der Waals surface area contributed by atoms with Crippen LogP contribution in [0.25, 0.3) is 0 Å². The van der Waals surface area contributed by atoms with Crippen LogP contribution in [0.2, 0.25) is 0 Å². The number of nitrogens with zero attached hydrogens (tertiary/aromatic N) is 2. The van der Waals surface area contributed by atoms with Crippen molar-refractivity contribution >= 4 is 11.6 Å². The van der Waals surface area contributed by atoms with Crippen molar-refractivity contribution in [2.45, 2.75) is 53.4 Å². The lowest BCUT2D eigenvalue weighted by atomic mass is 9.77. The van der Waals surface area contributed by atoms with Gasteiger partial charge in [0.1, 0.15) is 0 Å². The highest BCUT2D eigenvalue weighted by Crippen LogP contribution is 2.34. The highest BCUT2D eigenvalue weighted by atomic mass is 16.2. The fraction of sp³-hybridized carbons (Fsp3) is 0.750. The molecule has 0 aromatic carbocycles. The van der Waals surface area contributed by atoms with E-state index in [1.807, 2.05) is 11.8 Å². The van der Waals surface area contributed by atoms with Crippen molar-refractivity contribution in [2.24, 2.45) is 11.3 Å². The molecule has 0 saturated carbocycles. The number of hydrogen-bond donors (Lipinski definition) is 2. The van der Waals surface area contributed by atoms with Crippen molar-refractivity contribution in [1.82, 2.24) is 15.1 Å². The highest BCUT2D eigenvalue weighted by Gasteiger charge is 2.30. The predicted molar refractivity (Wildman–Crippen MR) is 85.1 cm³/mol. The standard InChI is InChI=1S/C16H28N4O/c1-5-12-13(17)14(19-18-12)15(21)20-9-6-7-11(8-10-20)16(2,3)4/h11H,5-10,17H2,1-4H3,(H,18,19). The zero-order valence-corrected chi connectivity index (χ0v) is 13.7. The fourth-order valence-electron chi connectivity index (χ4n) is 3.13. The van der Waals surface area contributed by atoms with E-state index in [1.165, 1.54) is 6.42 Å². The highest BCUT2D eigenvalue weighted by molar-refractivity contribution is 5.97. The van der Waals surface area contributed by atoms with E-state index in [-0.39, 0.29) is 5.91 Å². The maximum absolute atomic E-state index is 12.6. The molecule has 1 amide bonds. The normalized spacial score (nSPS) is 20.4. The molecule has 1 saturated heterocycles. The number of nitrogens with one attached hydrogen (secondary N) is 1. The Morgan fingerprint density at radius 3 is 2.67 bits per heavy atom. The van der Waals surface area contributed by atoms with Gasteiger partial charge in [0.25, 0.3) is 5.91 Å². The first-order chi connectivity index (χ1) is 9.84. The number of H-pyrrole nitrogens is 1. The summed E-state index contributed by atoms with van der Waals surface area (Å²) in [6.07, 6.45) is 4.06. The van der Waals surface area contributed by atoms with Crippen molar-refractivity contribution in [2.75, 3.05) is 18.8 Å². The third-order valence-electron chi connectivity index (χ3n) is 4.68. The molecule has 2 heterocycles. The molecule has 1 unspecified atom stereocenters. The molecule has 0 aliphatic carbocycles. The lowest BCUT2D eigenvalue weighted by Crippen LogP contribution is -2.33. The molecule has 1 aromatic rings. The van der Waals surface area contributed by atoms with Gasteiger partial charge in [-0.15, -0.1) is 0 Å². The summed E-state index contributed by atoms with van der Waals surface area (Å²) in [6.45, 7) is 10.5. The van der Waals surface area contributed by atoms with Crippen molar-refractivity contribution in [3.05, 3.63) is 11.4 Å². The van der Waals surface area contributed by atoms with Gasteiger partial charge >= 0.3 is 0 Å². The van der Waals surface area contributed by atoms with Gasteiger partial charge in [0.05, 0.1) is 11.4 Å². The summed E-state index contributed by atoms with van der Waals surface area (Å²) < 4.78 is 0. The Kier molecular flexibility index (Phi) is 4.59. The summed E-state index contributed by atoms with van der Waals surface area (Å²) in [5, 5.41) is 6.99. The molecule has 1 aliphatic rings. The van der Waals surface area contributed by atoms with E-state index in [2.05, 4.69) is 31.0 Å². The number of anilines is 1. The fourth-order valence-corrected chi connectivity index (χ4v) is 3.13. The summed E-state index contributed by atoms with van der Waals surface area (Å²) in [5.74, 6) is 0.635. The third kappa shape index (κ3) is 3.39. The van der Waals surface area contributed by atoms with Crippen LogP contribution >= 0.6 is 0 Å². The Hall–Kier alpha value is -1.52. The molecule has 5 heteroatoms. The molecule has 118 valence electrons. The summed E-state index contributed by atoms with van der Waals surface area (Å²) in [7, 11) is 0. The number of aromatic nitrogens is 2. The van der Waals surface area contributed by atoms with Crippen LogP contribution in [0.1, 0.15) is 63.1 Å². The number of aryl methyl sites for hydroxylation is 1. The monoisotopic (exact) mass is 292 g/mol. The summed E-state index contributed by atoms with van der Waals surface area (Å²) in [5.41, 5.74) is 8.07. The van der Waals surface area contributed by atoms with Crippen molar-refractivity contribution in [3.63, 3.8) is 0 Å². The van der Waals surface area contributed by atoms with E-state index in [9.17, 15) is 4.79 Å². The lowest BCUT2D eigenvalue weighted by molar-refractivity contribution is 0.0750. The maximum Gasteiger partial charge on any atom is 0.276 e. The quantitative estimate of drug-likeness (QED) is 0.880. The molecule has 0 spiro atoms. The zero-order valence-electron chi connectivity index (χ0n) is 13.7. The van der Waals surface area contributed by atoms with Crippen molar-refractivity contribution in [3.8, 4) is 0 Å². The van der Waals surface area contributed by atoms with Crippen LogP contribution in [0.3, 0.4) is 0 Å². The molecule has 0 radical (unpaired) electrons. The topological polar surface area (TPSA) is 75.0 Å². The predicted octanol–water partition coefficient (Wildman–Crippen LogP) is 2.84. The van der Waals surface area contributed by atoms with E-state index in [1.54, 1.807) is 0 Å². The van der Waals surface area contributed by atoms with Gasteiger partial charge in [-0.05, 0) is 37.0 Å². The van der Waals surface area contributed by atoms with Crippen molar-refractivity contribution < 1.29 is 4.79 Å². The molecule has 1 aromatic heterocycles. The van der Waals surface area contributed by atoms with Crippen LogP contribution in [0.4, 0.5) is 5.69 Å².